The van der Waals surface area contributed by atoms with Gasteiger partial charge in [0.15, 0.2) is 6.61 Å². The number of carbonyl (C=O) groups is 1. The second-order valence-electron chi connectivity index (χ2n) is 5.29. The molecule has 0 heterocycles. The number of benzene rings is 2. The van der Waals surface area contributed by atoms with E-state index in [1.54, 1.807) is 19.1 Å². The average Bonchev–Trinajstić information content (AvgIpc) is 2.59. The van der Waals surface area contributed by atoms with Gasteiger partial charge >= 0.3 is 0 Å². The van der Waals surface area contributed by atoms with E-state index in [0.29, 0.717) is 10.2 Å². The van der Waals surface area contributed by atoms with Crippen molar-refractivity contribution in [2.24, 2.45) is 0 Å². The summed E-state index contributed by atoms with van der Waals surface area (Å²) in [6.45, 7) is 1.78. The zero-order chi connectivity index (χ0) is 17.7. The Morgan fingerprint density at radius 3 is 2.62 bits per heavy atom. The fourth-order valence-electron chi connectivity index (χ4n) is 2.27. The highest BCUT2D eigenvalue weighted by atomic mass is 79.9. The summed E-state index contributed by atoms with van der Waals surface area (Å²) in [4.78, 5) is 14.0. The van der Waals surface area contributed by atoms with Gasteiger partial charge in [-0.25, -0.2) is 4.39 Å². The summed E-state index contributed by atoms with van der Waals surface area (Å²) >= 11 is 3.21. The molecule has 0 fully saturated rings. The summed E-state index contributed by atoms with van der Waals surface area (Å²) < 4.78 is 24.4. The van der Waals surface area contributed by atoms with E-state index >= 15 is 0 Å². The van der Waals surface area contributed by atoms with E-state index in [4.69, 9.17) is 9.47 Å². The van der Waals surface area contributed by atoms with Crippen LogP contribution in [0, 0.1) is 5.82 Å². The zero-order valence-electron chi connectivity index (χ0n) is 13.8. The Morgan fingerprint density at radius 1 is 1.25 bits per heavy atom. The Bertz CT molecular complexity index is 723. The van der Waals surface area contributed by atoms with Crippen LogP contribution in [0.4, 0.5) is 4.39 Å². The van der Waals surface area contributed by atoms with Crippen molar-refractivity contribution < 1.29 is 18.7 Å². The number of rotatable bonds is 6. The molecule has 0 saturated carbocycles. The fraction of sp³-hybridized carbons (Fsp3) is 0.278. The molecule has 128 valence electrons. The molecule has 0 spiro atoms. The van der Waals surface area contributed by atoms with Crippen LogP contribution in [0.5, 0.6) is 11.5 Å². The molecule has 2 rings (SSSR count). The molecule has 4 nitrogen and oxygen atoms in total. The lowest BCUT2D eigenvalue weighted by Crippen LogP contribution is -2.33. The Balaban J connectivity index is 2.03. The highest BCUT2D eigenvalue weighted by Crippen LogP contribution is 2.29. The molecule has 1 unspecified atom stereocenters. The van der Waals surface area contributed by atoms with Gasteiger partial charge in [0.2, 0.25) is 0 Å². The van der Waals surface area contributed by atoms with Gasteiger partial charge in [0.05, 0.1) is 17.6 Å². The molecule has 0 radical (unpaired) electrons. The molecule has 0 aliphatic carbocycles. The first-order chi connectivity index (χ1) is 11.4. The molecule has 6 heteroatoms. The van der Waals surface area contributed by atoms with Gasteiger partial charge in [-0.1, -0.05) is 18.2 Å². The number of nitrogens with zero attached hydrogens (tertiary/aromatic N) is 1. The molecule has 0 N–H and O–H groups in total. The third-order valence-corrected chi connectivity index (χ3v) is 4.43. The molecular formula is C18H19BrFNO3. The lowest BCUT2D eigenvalue weighted by molar-refractivity contribution is -0.134. The molecule has 0 bridgehead atoms. The molecule has 1 amide bonds. The Morgan fingerprint density at radius 2 is 1.96 bits per heavy atom. The largest absolute Gasteiger partial charge is 0.496 e. The number of halogens is 2. The van der Waals surface area contributed by atoms with E-state index in [2.05, 4.69) is 15.9 Å². The predicted molar refractivity (Wildman–Crippen MR) is 93.8 cm³/mol. The maximum atomic E-state index is 13.1. The second-order valence-corrected chi connectivity index (χ2v) is 6.14. The smallest absolute Gasteiger partial charge is 0.260 e. The van der Waals surface area contributed by atoms with E-state index in [-0.39, 0.29) is 24.4 Å². The van der Waals surface area contributed by atoms with Crippen LogP contribution in [0.25, 0.3) is 0 Å². The molecule has 0 aliphatic heterocycles. The third kappa shape index (κ3) is 4.26. The summed E-state index contributed by atoms with van der Waals surface area (Å²) in [5, 5.41) is 0. The van der Waals surface area contributed by atoms with Crippen molar-refractivity contribution in [1.82, 2.24) is 4.90 Å². The first-order valence-corrected chi connectivity index (χ1v) is 8.19. The SMILES string of the molecule is COc1ccccc1C(C)N(C)C(=O)COc1ccc(F)cc1Br. The first-order valence-electron chi connectivity index (χ1n) is 7.40. The number of amides is 1. The van der Waals surface area contributed by atoms with Gasteiger partial charge in [-0.15, -0.1) is 0 Å². The molecule has 1 atom stereocenters. The summed E-state index contributed by atoms with van der Waals surface area (Å²) in [5.74, 6) is 0.585. The molecule has 0 saturated heterocycles. The number of para-hydroxylation sites is 1. The van der Waals surface area contributed by atoms with Crippen LogP contribution >= 0.6 is 15.9 Å². The van der Waals surface area contributed by atoms with Gasteiger partial charge in [-0.2, -0.15) is 0 Å². The summed E-state index contributed by atoms with van der Waals surface area (Å²) in [7, 11) is 3.31. The van der Waals surface area contributed by atoms with E-state index in [1.807, 2.05) is 31.2 Å². The van der Waals surface area contributed by atoms with Crippen molar-refractivity contribution in [3.8, 4) is 11.5 Å². The highest BCUT2D eigenvalue weighted by Gasteiger charge is 2.20. The van der Waals surface area contributed by atoms with Crippen molar-refractivity contribution in [3.63, 3.8) is 0 Å². The minimum absolute atomic E-state index is 0.139. The number of carbonyl (C=O) groups excluding carboxylic acids is 1. The minimum atomic E-state index is -0.373. The monoisotopic (exact) mass is 395 g/mol. The number of likely N-dealkylation sites (N-methyl/N-ethyl adjacent to an activating group) is 1. The molecular weight excluding hydrogens is 377 g/mol. The van der Waals surface area contributed by atoms with Gasteiger partial charge in [-0.05, 0) is 47.1 Å². The van der Waals surface area contributed by atoms with Crippen LogP contribution < -0.4 is 9.47 Å². The Kier molecular flexibility index (Phi) is 6.20. The van der Waals surface area contributed by atoms with Crippen molar-refractivity contribution in [2.45, 2.75) is 13.0 Å². The minimum Gasteiger partial charge on any atom is -0.496 e. The maximum absolute atomic E-state index is 13.1. The molecule has 2 aromatic rings. The summed E-state index contributed by atoms with van der Waals surface area (Å²) in [6.07, 6.45) is 0. The van der Waals surface area contributed by atoms with E-state index in [9.17, 15) is 9.18 Å². The first kappa shape index (κ1) is 18.3. The van der Waals surface area contributed by atoms with Crippen LogP contribution in [0.3, 0.4) is 0 Å². The lowest BCUT2D eigenvalue weighted by atomic mass is 10.1. The Labute approximate surface area is 149 Å². The predicted octanol–water partition coefficient (Wildman–Crippen LogP) is 4.20. The van der Waals surface area contributed by atoms with Gasteiger partial charge in [0.1, 0.15) is 17.3 Å². The van der Waals surface area contributed by atoms with Crippen molar-refractivity contribution in [2.75, 3.05) is 20.8 Å². The van der Waals surface area contributed by atoms with Crippen molar-refractivity contribution >= 4 is 21.8 Å². The van der Waals surface area contributed by atoms with Gasteiger partial charge < -0.3 is 14.4 Å². The number of methoxy groups -OCH3 is 1. The summed E-state index contributed by atoms with van der Waals surface area (Å²) in [5.41, 5.74) is 0.916. The second kappa shape index (κ2) is 8.15. The molecule has 0 aliphatic rings. The molecule has 24 heavy (non-hydrogen) atoms. The quantitative estimate of drug-likeness (QED) is 0.735. The lowest BCUT2D eigenvalue weighted by Gasteiger charge is -2.26. The normalized spacial score (nSPS) is 11.7. The molecule has 0 aromatic heterocycles. The van der Waals surface area contributed by atoms with Crippen LogP contribution in [0.15, 0.2) is 46.9 Å². The average molecular weight is 396 g/mol. The highest BCUT2D eigenvalue weighted by molar-refractivity contribution is 9.10. The number of hydrogen-bond donors (Lipinski definition) is 0. The van der Waals surface area contributed by atoms with E-state index in [1.165, 1.54) is 18.2 Å². The standard InChI is InChI=1S/C18H19BrFNO3/c1-12(14-6-4-5-7-16(14)23-3)21(2)18(22)11-24-17-9-8-13(20)10-15(17)19/h4-10,12H,11H2,1-3H3. The third-order valence-electron chi connectivity index (χ3n) is 3.81. The van der Waals surface area contributed by atoms with Crippen molar-refractivity contribution in [1.29, 1.82) is 0 Å². The van der Waals surface area contributed by atoms with Gasteiger partial charge in [0, 0.05) is 12.6 Å². The van der Waals surface area contributed by atoms with Crippen LogP contribution in [0.1, 0.15) is 18.5 Å². The zero-order valence-corrected chi connectivity index (χ0v) is 15.3. The fourth-order valence-corrected chi connectivity index (χ4v) is 2.74. The van der Waals surface area contributed by atoms with E-state index in [0.717, 1.165) is 11.3 Å². The van der Waals surface area contributed by atoms with Gasteiger partial charge in [-0.3, -0.25) is 4.79 Å². The topological polar surface area (TPSA) is 38.8 Å². The van der Waals surface area contributed by atoms with E-state index < -0.39 is 0 Å². The van der Waals surface area contributed by atoms with Crippen LogP contribution in [-0.2, 0) is 4.79 Å². The van der Waals surface area contributed by atoms with Gasteiger partial charge in [0.25, 0.3) is 5.91 Å². The number of ether oxygens (including phenoxy) is 2. The number of hydrogen-bond acceptors (Lipinski definition) is 3. The molecule has 2 aromatic carbocycles. The van der Waals surface area contributed by atoms with Crippen LogP contribution in [-0.4, -0.2) is 31.6 Å². The van der Waals surface area contributed by atoms with Crippen molar-refractivity contribution in [3.05, 3.63) is 58.3 Å². The van der Waals surface area contributed by atoms with Crippen LogP contribution in [0.2, 0.25) is 0 Å². The summed E-state index contributed by atoms with van der Waals surface area (Å²) in [6, 6.07) is 11.4. The Hall–Kier alpha value is -2.08. The maximum Gasteiger partial charge on any atom is 0.260 e.